The maximum Gasteiger partial charge on any atom is 0.184 e. The van der Waals surface area contributed by atoms with Gasteiger partial charge in [0.2, 0.25) is 0 Å². The predicted molar refractivity (Wildman–Crippen MR) is 91.8 cm³/mol. The third-order valence-corrected chi connectivity index (χ3v) is 5.11. The SMILES string of the molecule is CC1(C)C2CC(=C\c3ccccc3)/C(=N\NC(N)=S)C1C2. The van der Waals surface area contributed by atoms with Crippen LogP contribution in [-0.4, -0.2) is 10.8 Å². The normalized spacial score (nSPS) is 30.0. The van der Waals surface area contributed by atoms with E-state index in [1.807, 2.05) is 6.07 Å². The third kappa shape index (κ3) is 2.60. The molecule has 0 aromatic heterocycles. The topological polar surface area (TPSA) is 50.4 Å². The van der Waals surface area contributed by atoms with Crippen LogP contribution in [0, 0.1) is 17.3 Å². The van der Waals surface area contributed by atoms with Gasteiger partial charge in [-0.05, 0) is 53.6 Å². The molecule has 1 aromatic carbocycles. The Kier molecular flexibility index (Phi) is 3.57. The first-order valence-corrected chi connectivity index (χ1v) is 7.78. The Labute approximate surface area is 131 Å². The highest BCUT2D eigenvalue weighted by atomic mass is 32.1. The quantitative estimate of drug-likeness (QED) is 0.650. The number of hydrazone groups is 1. The second-order valence-electron chi connectivity index (χ2n) is 6.56. The summed E-state index contributed by atoms with van der Waals surface area (Å²) in [4.78, 5) is 0. The van der Waals surface area contributed by atoms with Crippen molar-refractivity contribution in [3.8, 4) is 0 Å². The molecule has 2 bridgehead atoms. The van der Waals surface area contributed by atoms with Crippen LogP contribution in [0.15, 0.2) is 41.0 Å². The number of nitrogens with two attached hydrogens (primary N) is 1. The fourth-order valence-corrected chi connectivity index (χ4v) is 3.61. The molecule has 21 heavy (non-hydrogen) atoms. The van der Waals surface area contributed by atoms with Gasteiger partial charge in [-0.25, -0.2) is 0 Å². The number of nitrogens with one attached hydrogen (secondary N) is 1. The van der Waals surface area contributed by atoms with Gasteiger partial charge in [0, 0.05) is 5.92 Å². The molecule has 3 aliphatic carbocycles. The van der Waals surface area contributed by atoms with Gasteiger partial charge in [0.1, 0.15) is 0 Å². The molecule has 110 valence electrons. The Balaban J connectivity index is 1.94. The predicted octanol–water partition coefficient (Wildman–Crippen LogP) is 3.33. The average molecular weight is 299 g/mol. The van der Waals surface area contributed by atoms with Crippen molar-refractivity contribution in [3.05, 3.63) is 41.5 Å². The van der Waals surface area contributed by atoms with Crippen molar-refractivity contribution in [2.24, 2.45) is 28.1 Å². The van der Waals surface area contributed by atoms with Crippen LogP contribution in [0.3, 0.4) is 0 Å². The Morgan fingerprint density at radius 1 is 1.38 bits per heavy atom. The number of thiocarbonyl (C=S) groups is 1. The summed E-state index contributed by atoms with van der Waals surface area (Å²) < 4.78 is 0. The molecule has 1 aromatic rings. The molecule has 2 atom stereocenters. The van der Waals surface area contributed by atoms with Crippen LogP contribution in [0.25, 0.3) is 6.08 Å². The molecule has 3 aliphatic rings. The standard InChI is InChI=1S/C17H21N3S/c1-17(2)13-9-12(8-11-6-4-3-5-7-11)15(14(17)10-13)19-20-16(18)21/h3-8,13-14H,9-10H2,1-2H3,(H3,18,20,21)/b12-8+,19-15+. The summed E-state index contributed by atoms with van der Waals surface area (Å²) in [5, 5.41) is 4.73. The largest absolute Gasteiger partial charge is 0.375 e. The lowest BCUT2D eigenvalue weighted by atomic mass is 9.47. The first-order chi connectivity index (χ1) is 9.98. The van der Waals surface area contributed by atoms with Crippen molar-refractivity contribution in [1.29, 1.82) is 0 Å². The number of allylic oxidation sites excluding steroid dienone is 1. The van der Waals surface area contributed by atoms with Crippen molar-refractivity contribution in [3.63, 3.8) is 0 Å². The highest BCUT2D eigenvalue weighted by molar-refractivity contribution is 7.80. The Morgan fingerprint density at radius 3 is 2.71 bits per heavy atom. The van der Waals surface area contributed by atoms with Gasteiger partial charge in [0.25, 0.3) is 0 Å². The van der Waals surface area contributed by atoms with E-state index in [0.29, 0.717) is 11.3 Å². The molecule has 4 rings (SSSR count). The molecule has 3 nitrogen and oxygen atoms in total. The molecule has 0 radical (unpaired) electrons. The van der Waals surface area contributed by atoms with Gasteiger partial charge >= 0.3 is 0 Å². The zero-order valence-corrected chi connectivity index (χ0v) is 13.3. The van der Waals surface area contributed by atoms with E-state index in [4.69, 9.17) is 18.0 Å². The molecular formula is C17H21N3S. The molecule has 3 fully saturated rings. The van der Waals surface area contributed by atoms with E-state index < -0.39 is 0 Å². The number of rotatable bonds is 2. The Morgan fingerprint density at radius 2 is 2.10 bits per heavy atom. The van der Waals surface area contributed by atoms with Gasteiger partial charge < -0.3 is 5.73 Å². The molecule has 0 saturated heterocycles. The molecule has 0 aliphatic heterocycles. The van der Waals surface area contributed by atoms with Crippen LogP contribution in [0.5, 0.6) is 0 Å². The molecule has 0 amide bonds. The summed E-state index contributed by atoms with van der Waals surface area (Å²) >= 11 is 4.88. The summed E-state index contributed by atoms with van der Waals surface area (Å²) in [6.07, 6.45) is 4.54. The summed E-state index contributed by atoms with van der Waals surface area (Å²) in [7, 11) is 0. The average Bonchev–Trinajstić information content (AvgIpc) is 2.46. The number of hydrogen-bond donors (Lipinski definition) is 2. The van der Waals surface area contributed by atoms with Crippen molar-refractivity contribution < 1.29 is 0 Å². The molecule has 3 N–H and O–H groups in total. The summed E-state index contributed by atoms with van der Waals surface area (Å²) in [6, 6.07) is 10.4. The minimum absolute atomic E-state index is 0.223. The van der Waals surface area contributed by atoms with Crippen LogP contribution in [0.2, 0.25) is 0 Å². The minimum Gasteiger partial charge on any atom is -0.375 e. The first-order valence-electron chi connectivity index (χ1n) is 7.37. The monoisotopic (exact) mass is 299 g/mol. The highest BCUT2D eigenvalue weighted by Crippen LogP contribution is 2.59. The number of hydrogen-bond acceptors (Lipinski definition) is 2. The van der Waals surface area contributed by atoms with Crippen LogP contribution in [-0.2, 0) is 0 Å². The van der Waals surface area contributed by atoms with Crippen LogP contribution in [0.4, 0.5) is 0 Å². The number of benzene rings is 1. The second kappa shape index (κ2) is 5.26. The molecular weight excluding hydrogens is 278 g/mol. The number of fused-ring (bicyclic) bond motifs is 2. The minimum atomic E-state index is 0.223. The molecule has 0 spiro atoms. The maximum atomic E-state index is 5.53. The van der Waals surface area contributed by atoms with E-state index in [9.17, 15) is 0 Å². The van der Waals surface area contributed by atoms with Gasteiger partial charge in [0.05, 0.1) is 5.71 Å². The fraction of sp³-hybridized carbons (Fsp3) is 0.412. The van der Waals surface area contributed by atoms with Gasteiger partial charge in [0.15, 0.2) is 5.11 Å². The Bertz CT molecular complexity index is 616. The van der Waals surface area contributed by atoms with Crippen LogP contribution >= 0.6 is 12.2 Å². The smallest absolute Gasteiger partial charge is 0.184 e. The van der Waals surface area contributed by atoms with E-state index in [2.05, 4.69) is 54.7 Å². The lowest BCUT2D eigenvalue weighted by Crippen LogP contribution is -2.54. The van der Waals surface area contributed by atoms with Crippen LogP contribution in [0.1, 0.15) is 32.3 Å². The zero-order chi connectivity index (χ0) is 15.0. The van der Waals surface area contributed by atoms with E-state index >= 15 is 0 Å². The van der Waals surface area contributed by atoms with E-state index in [0.717, 1.165) is 18.1 Å². The third-order valence-electron chi connectivity index (χ3n) is 5.02. The zero-order valence-electron chi connectivity index (χ0n) is 12.5. The van der Waals surface area contributed by atoms with Gasteiger partial charge in [-0.1, -0.05) is 44.2 Å². The van der Waals surface area contributed by atoms with Gasteiger partial charge in [-0.2, -0.15) is 5.10 Å². The van der Waals surface area contributed by atoms with Gasteiger partial charge in [-0.15, -0.1) is 0 Å². The maximum absolute atomic E-state index is 5.53. The lowest BCUT2D eigenvalue weighted by molar-refractivity contribution is 0.0141. The van der Waals surface area contributed by atoms with Crippen LogP contribution < -0.4 is 11.2 Å². The highest BCUT2D eigenvalue weighted by Gasteiger charge is 2.54. The summed E-state index contributed by atoms with van der Waals surface area (Å²) in [6.45, 7) is 4.67. The molecule has 4 heteroatoms. The molecule has 2 unspecified atom stereocenters. The van der Waals surface area contributed by atoms with Crippen molar-refractivity contribution >= 4 is 29.1 Å². The fourth-order valence-electron chi connectivity index (χ4n) is 3.57. The molecule has 0 heterocycles. The first kappa shape index (κ1) is 14.3. The Hall–Kier alpha value is -1.68. The van der Waals surface area contributed by atoms with Crippen molar-refractivity contribution in [2.75, 3.05) is 0 Å². The van der Waals surface area contributed by atoms with E-state index in [1.54, 1.807) is 0 Å². The summed E-state index contributed by atoms with van der Waals surface area (Å²) in [5.41, 5.74) is 12.3. The van der Waals surface area contributed by atoms with Crippen molar-refractivity contribution in [1.82, 2.24) is 5.43 Å². The van der Waals surface area contributed by atoms with Crippen molar-refractivity contribution in [2.45, 2.75) is 26.7 Å². The number of nitrogens with zero attached hydrogens (tertiary/aromatic N) is 1. The second-order valence-corrected chi connectivity index (χ2v) is 7.00. The van der Waals surface area contributed by atoms with E-state index in [-0.39, 0.29) is 5.11 Å². The molecule has 3 saturated carbocycles. The summed E-state index contributed by atoms with van der Waals surface area (Å²) in [5.74, 6) is 1.24. The van der Waals surface area contributed by atoms with Gasteiger partial charge in [-0.3, -0.25) is 5.43 Å². The van der Waals surface area contributed by atoms with E-state index in [1.165, 1.54) is 17.6 Å². The lowest BCUT2D eigenvalue weighted by Gasteiger charge is -2.57.